The van der Waals surface area contributed by atoms with Gasteiger partial charge in [-0.05, 0) is 37.3 Å². The van der Waals surface area contributed by atoms with Gasteiger partial charge in [-0.2, -0.15) is 14.0 Å². The molecule has 2 aromatic rings. The van der Waals surface area contributed by atoms with Gasteiger partial charge in [0.1, 0.15) is 11.0 Å². The number of rotatable bonds is 7. The first-order valence-corrected chi connectivity index (χ1v) is 9.97. The summed E-state index contributed by atoms with van der Waals surface area (Å²) in [5.41, 5.74) is -0.0791. The minimum atomic E-state index is -4.37. The highest BCUT2D eigenvalue weighted by molar-refractivity contribution is 7.95. The average Bonchev–Trinajstić information content (AvgIpc) is 2.63. The summed E-state index contributed by atoms with van der Waals surface area (Å²) in [7, 11) is -4.37. The summed E-state index contributed by atoms with van der Waals surface area (Å²) in [6, 6.07) is 9.45. The summed E-state index contributed by atoms with van der Waals surface area (Å²) < 4.78 is 61.0. The van der Waals surface area contributed by atoms with Crippen molar-refractivity contribution in [2.45, 2.75) is 18.4 Å². The van der Waals surface area contributed by atoms with E-state index in [0.29, 0.717) is 0 Å². The molecule has 0 aliphatic carbocycles. The second-order valence-corrected chi connectivity index (χ2v) is 7.91. The second-order valence-electron chi connectivity index (χ2n) is 5.18. The van der Waals surface area contributed by atoms with Gasteiger partial charge in [0.15, 0.2) is 11.5 Å². The maximum Gasteiger partial charge on any atom is 0.387 e. The largest absolute Gasteiger partial charge is 0.490 e. The van der Waals surface area contributed by atoms with Crippen molar-refractivity contribution in [1.82, 2.24) is 0 Å². The predicted molar refractivity (Wildman–Crippen MR) is 101 cm³/mol. The lowest BCUT2D eigenvalue weighted by atomic mass is 10.1. The molecule has 0 aliphatic rings. The third-order valence-electron chi connectivity index (χ3n) is 3.39. The number of nitriles is 1. The molecule has 0 saturated carbocycles. The molecular formula is C18H13Cl2F2NO4S. The van der Waals surface area contributed by atoms with Gasteiger partial charge in [-0.3, -0.25) is 0 Å². The highest BCUT2D eigenvalue weighted by Crippen LogP contribution is 2.36. The van der Waals surface area contributed by atoms with Gasteiger partial charge < -0.3 is 9.47 Å². The first-order chi connectivity index (χ1) is 13.2. The van der Waals surface area contributed by atoms with Gasteiger partial charge in [-0.15, -0.1) is 0 Å². The van der Waals surface area contributed by atoms with Crippen LogP contribution in [0.5, 0.6) is 11.5 Å². The fraction of sp³-hybridized carbons (Fsp3) is 0.167. The van der Waals surface area contributed by atoms with Gasteiger partial charge in [0.25, 0.3) is 0 Å². The van der Waals surface area contributed by atoms with E-state index >= 15 is 0 Å². The molecule has 0 unspecified atom stereocenters. The van der Waals surface area contributed by atoms with E-state index in [0.717, 1.165) is 12.1 Å². The number of benzene rings is 2. The van der Waals surface area contributed by atoms with Crippen LogP contribution in [-0.2, 0) is 9.84 Å². The molecule has 0 spiro atoms. The molecule has 0 radical (unpaired) electrons. The van der Waals surface area contributed by atoms with Crippen molar-refractivity contribution in [2.75, 3.05) is 6.61 Å². The average molecular weight is 448 g/mol. The van der Waals surface area contributed by atoms with E-state index in [1.807, 2.05) is 0 Å². The van der Waals surface area contributed by atoms with Crippen molar-refractivity contribution in [3.8, 4) is 17.6 Å². The fourth-order valence-corrected chi connectivity index (χ4v) is 4.15. The number of para-hydroxylation sites is 1. The molecule has 0 amide bonds. The van der Waals surface area contributed by atoms with E-state index in [1.165, 1.54) is 30.3 Å². The van der Waals surface area contributed by atoms with Gasteiger partial charge in [0.05, 0.1) is 16.5 Å². The minimum Gasteiger partial charge on any atom is -0.490 e. The minimum absolute atomic E-state index is 0.0213. The van der Waals surface area contributed by atoms with Crippen LogP contribution >= 0.6 is 23.2 Å². The Labute approximate surface area is 170 Å². The van der Waals surface area contributed by atoms with Crippen molar-refractivity contribution in [3.63, 3.8) is 0 Å². The molecule has 0 bridgehead atoms. The summed E-state index contributed by atoms with van der Waals surface area (Å²) in [6.07, 6.45) is 0.910. The fourth-order valence-electron chi connectivity index (χ4n) is 2.24. The molecule has 0 saturated heterocycles. The quantitative estimate of drug-likeness (QED) is 0.535. The molecular weight excluding hydrogens is 435 g/mol. The van der Waals surface area contributed by atoms with E-state index in [1.54, 1.807) is 13.0 Å². The zero-order valence-corrected chi connectivity index (χ0v) is 16.7. The normalized spacial score (nSPS) is 12.0. The van der Waals surface area contributed by atoms with Gasteiger partial charge in [-0.25, -0.2) is 8.42 Å². The van der Waals surface area contributed by atoms with E-state index in [2.05, 4.69) is 4.74 Å². The first kappa shape index (κ1) is 22.0. The van der Waals surface area contributed by atoms with Gasteiger partial charge in [0, 0.05) is 10.6 Å². The molecule has 10 heteroatoms. The molecule has 5 nitrogen and oxygen atoms in total. The highest BCUT2D eigenvalue weighted by Gasteiger charge is 2.25. The lowest BCUT2D eigenvalue weighted by Gasteiger charge is -2.14. The molecule has 0 aromatic heterocycles. The molecule has 0 heterocycles. The Morgan fingerprint density at radius 1 is 1.29 bits per heavy atom. The van der Waals surface area contributed by atoms with Crippen LogP contribution in [0.3, 0.4) is 0 Å². The molecule has 0 atom stereocenters. The number of hydrogen-bond donors (Lipinski definition) is 0. The van der Waals surface area contributed by atoms with Crippen molar-refractivity contribution in [2.24, 2.45) is 0 Å². The highest BCUT2D eigenvalue weighted by atomic mass is 35.5. The van der Waals surface area contributed by atoms with E-state index < -0.39 is 21.4 Å². The van der Waals surface area contributed by atoms with Crippen molar-refractivity contribution >= 4 is 39.1 Å². The van der Waals surface area contributed by atoms with E-state index in [4.69, 9.17) is 27.9 Å². The van der Waals surface area contributed by atoms with Crippen LogP contribution in [-0.4, -0.2) is 21.6 Å². The second kappa shape index (κ2) is 9.24. The van der Waals surface area contributed by atoms with Crippen LogP contribution in [0.15, 0.2) is 46.2 Å². The van der Waals surface area contributed by atoms with Gasteiger partial charge in [-0.1, -0.05) is 35.3 Å². The Morgan fingerprint density at radius 3 is 2.61 bits per heavy atom. The third-order valence-corrected chi connectivity index (χ3v) is 5.77. The number of alkyl halides is 2. The molecule has 2 rings (SSSR count). The van der Waals surface area contributed by atoms with Crippen LogP contribution in [0.4, 0.5) is 8.78 Å². The standard InChI is InChI=1S/C18H13Cl2F2NO4S/c1-2-26-15-5-3-4-11(17(15)27-18(21)22)8-13(10-23)28(24,25)16-9-12(19)6-7-14(16)20/h3-9,18H,2H2,1H3/b13-8+. The maximum atomic E-state index is 12.8. The molecule has 0 fully saturated rings. The maximum absolute atomic E-state index is 12.8. The Bertz CT molecular complexity index is 1050. The summed E-state index contributed by atoms with van der Waals surface area (Å²) in [4.78, 5) is -1.11. The van der Waals surface area contributed by atoms with Gasteiger partial charge >= 0.3 is 6.61 Å². The third kappa shape index (κ3) is 4.93. The Hall–Kier alpha value is -2.34. The molecule has 2 aromatic carbocycles. The number of nitrogens with zero attached hydrogens (tertiary/aromatic N) is 1. The summed E-state index contributed by atoms with van der Waals surface area (Å²) in [5.74, 6) is -0.411. The summed E-state index contributed by atoms with van der Waals surface area (Å²) in [6.45, 7) is -1.38. The number of ether oxygens (including phenoxy) is 2. The Morgan fingerprint density at radius 2 is 2.00 bits per heavy atom. The molecule has 28 heavy (non-hydrogen) atoms. The van der Waals surface area contributed by atoms with Crippen LogP contribution < -0.4 is 9.47 Å². The zero-order chi connectivity index (χ0) is 20.9. The number of sulfone groups is 1. The number of hydrogen-bond acceptors (Lipinski definition) is 5. The first-order valence-electron chi connectivity index (χ1n) is 7.73. The van der Waals surface area contributed by atoms with Crippen LogP contribution in [0.1, 0.15) is 12.5 Å². The smallest absolute Gasteiger partial charge is 0.387 e. The van der Waals surface area contributed by atoms with Crippen molar-refractivity contribution in [1.29, 1.82) is 5.26 Å². The lowest BCUT2D eigenvalue weighted by Crippen LogP contribution is -2.07. The molecule has 0 aliphatic heterocycles. The Kier molecular flexibility index (Phi) is 7.24. The summed E-state index contributed by atoms with van der Waals surface area (Å²) >= 11 is 11.8. The monoisotopic (exact) mass is 447 g/mol. The SMILES string of the molecule is CCOc1cccc(/C=C(\C#N)S(=O)(=O)c2cc(Cl)ccc2Cl)c1OC(F)F. The molecule has 0 N–H and O–H groups in total. The van der Waals surface area contributed by atoms with E-state index in [-0.39, 0.29) is 38.6 Å². The number of allylic oxidation sites excluding steroid dienone is 1. The zero-order valence-electron chi connectivity index (χ0n) is 14.3. The van der Waals surface area contributed by atoms with Crippen LogP contribution in [0.2, 0.25) is 10.0 Å². The summed E-state index contributed by atoms with van der Waals surface area (Å²) in [5, 5.41) is 9.35. The molecule has 148 valence electrons. The van der Waals surface area contributed by atoms with Crippen LogP contribution in [0, 0.1) is 11.3 Å². The van der Waals surface area contributed by atoms with Crippen molar-refractivity contribution < 1.29 is 26.7 Å². The van der Waals surface area contributed by atoms with Gasteiger partial charge in [0.2, 0.25) is 9.84 Å². The van der Waals surface area contributed by atoms with E-state index in [9.17, 15) is 22.5 Å². The number of halogens is 4. The van der Waals surface area contributed by atoms with Crippen molar-refractivity contribution in [3.05, 3.63) is 56.9 Å². The lowest BCUT2D eigenvalue weighted by molar-refractivity contribution is -0.0515. The topological polar surface area (TPSA) is 76.4 Å². The van der Waals surface area contributed by atoms with Crippen LogP contribution in [0.25, 0.3) is 6.08 Å². The Balaban J connectivity index is 2.66. The predicted octanol–water partition coefficient (Wildman–Crippen LogP) is 5.33.